The summed E-state index contributed by atoms with van der Waals surface area (Å²) in [4.78, 5) is 4.13. The van der Waals surface area contributed by atoms with Crippen molar-refractivity contribution in [2.75, 3.05) is 6.54 Å². The van der Waals surface area contributed by atoms with E-state index in [1.165, 1.54) is 10.8 Å². The quantitative estimate of drug-likeness (QED) is 0.397. The third kappa shape index (κ3) is 0.425. The Hall–Kier alpha value is -0.670. The molecular formula is C5H8N3+. The molecule has 8 heavy (non-hydrogen) atoms. The molecule has 2 rings (SSSR count). The summed E-state index contributed by atoms with van der Waals surface area (Å²) >= 11 is 0. The van der Waals surface area contributed by atoms with Gasteiger partial charge in [0.2, 0.25) is 5.84 Å². The lowest BCUT2D eigenvalue weighted by Gasteiger charge is -1.97. The van der Waals surface area contributed by atoms with Crippen molar-refractivity contribution in [3.8, 4) is 0 Å². The van der Waals surface area contributed by atoms with E-state index in [1.54, 1.807) is 0 Å². The molecule has 2 aliphatic heterocycles. The first kappa shape index (κ1) is 4.23. The van der Waals surface area contributed by atoms with E-state index in [9.17, 15) is 0 Å². The van der Waals surface area contributed by atoms with Crippen LogP contribution in [0.1, 0.15) is 6.42 Å². The maximum Gasteiger partial charge on any atom is 0.227 e. The van der Waals surface area contributed by atoms with Crippen LogP contribution in [0.3, 0.4) is 0 Å². The van der Waals surface area contributed by atoms with Gasteiger partial charge in [0.1, 0.15) is 6.20 Å². The first-order valence-electron chi connectivity index (χ1n) is 2.81. The molecule has 0 aromatic carbocycles. The smallest absolute Gasteiger partial charge is 0.201 e. The molecule has 0 radical (unpaired) electrons. The molecule has 0 aliphatic carbocycles. The van der Waals surface area contributed by atoms with Crippen LogP contribution in [0.25, 0.3) is 0 Å². The Morgan fingerprint density at radius 1 is 1.75 bits per heavy atom. The van der Waals surface area contributed by atoms with Gasteiger partial charge in [0.05, 0.1) is 19.2 Å². The fraction of sp³-hybridized carbons (Fsp3) is 0.400. The number of nitrogens with zero attached hydrogens (tertiary/aromatic N) is 1. The summed E-state index contributed by atoms with van der Waals surface area (Å²) in [6, 6.07) is 0. The van der Waals surface area contributed by atoms with Gasteiger partial charge < -0.3 is 0 Å². The van der Waals surface area contributed by atoms with Crippen LogP contribution < -0.4 is 10.4 Å². The molecule has 2 heterocycles. The van der Waals surface area contributed by atoms with Gasteiger partial charge in [0.15, 0.2) is 0 Å². The lowest BCUT2D eigenvalue weighted by atomic mass is 10.4. The second-order valence-corrected chi connectivity index (χ2v) is 1.98. The van der Waals surface area contributed by atoms with Crippen LogP contribution in [0, 0.1) is 0 Å². The van der Waals surface area contributed by atoms with Crippen LogP contribution in [0.5, 0.6) is 0 Å². The van der Waals surface area contributed by atoms with Gasteiger partial charge in [0, 0.05) is 0 Å². The van der Waals surface area contributed by atoms with Crippen molar-refractivity contribution in [3.05, 3.63) is 12.4 Å². The molecule has 0 saturated carbocycles. The van der Waals surface area contributed by atoms with Crippen molar-refractivity contribution in [3.63, 3.8) is 0 Å². The van der Waals surface area contributed by atoms with Crippen molar-refractivity contribution >= 4 is 5.84 Å². The summed E-state index contributed by atoms with van der Waals surface area (Å²) in [7, 11) is 0. The monoisotopic (exact) mass is 110 g/mol. The molecule has 1 atom stereocenters. The van der Waals surface area contributed by atoms with Gasteiger partial charge in [-0.3, -0.25) is 0 Å². The van der Waals surface area contributed by atoms with Gasteiger partial charge in [-0.1, -0.05) is 0 Å². The zero-order chi connectivity index (χ0) is 5.40. The highest BCUT2D eigenvalue weighted by atomic mass is 15.5. The number of aliphatic imine (C=N–C) groups is 1. The predicted octanol–water partition coefficient (Wildman–Crippen LogP) is -1.34. The highest BCUT2D eigenvalue weighted by Gasteiger charge is 2.24. The van der Waals surface area contributed by atoms with Gasteiger partial charge in [-0.15, -0.1) is 0 Å². The molecule has 3 nitrogen and oxygen atoms in total. The van der Waals surface area contributed by atoms with Crippen LogP contribution in [-0.2, 0) is 0 Å². The van der Waals surface area contributed by atoms with E-state index in [2.05, 4.69) is 10.4 Å². The van der Waals surface area contributed by atoms with E-state index in [0.29, 0.717) is 0 Å². The van der Waals surface area contributed by atoms with Gasteiger partial charge in [0.25, 0.3) is 0 Å². The van der Waals surface area contributed by atoms with Gasteiger partial charge in [-0.05, 0) is 0 Å². The second-order valence-electron chi connectivity index (χ2n) is 1.98. The largest absolute Gasteiger partial charge is 0.227 e. The standard InChI is InChI=1S/C5H7N3/c1-2-7-8-4-3-6-5(1)8/h3-4,7H,1-2H2/p+1. The van der Waals surface area contributed by atoms with Crippen molar-refractivity contribution in [1.29, 1.82) is 0 Å². The third-order valence-corrected chi connectivity index (χ3v) is 1.46. The van der Waals surface area contributed by atoms with Crippen LogP contribution in [-0.4, -0.2) is 12.4 Å². The molecule has 1 saturated heterocycles. The van der Waals surface area contributed by atoms with Gasteiger partial charge in [-0.25, -0.2) is 4.99 Å². The summed E-state index contributed by atoms with van der Waals surface area (Å²) < 4.78 is 0. The highest BCUT2D eigenvalue weighted by molar-refractivity contribution is 5.76. The molecular weight excluding hydrogens is 102 g/mol. The minimum Gasteiger partial charge on any atom is -0.201 e. The first-order chi connectivity index (χ1) is 3.97. The fourth-order valence-electron chi connectivity index (χ4n) is 1.04. The zero-order valence-electron chi connectivity index (χ0n) is 4.52. The van der Waals surface area contributed by atoms with Crippen molar-refractivity contribution in [2.45, 2.75) is 6.42 Å². The molecule has 0 spiro atoms. The van der Waals surface area contributed by atoms with Crippen LogP contribution in [0.4, 0.5) is 0 Å². The van der Waals surface area contributed by atoms with E-state index in [4.69, 9.17) is 0 Å². The lowest BCUT2D eigenvalue weighted by molar-refractivity contribution is -0.788. The van der Waals surface area contributed by atoms with E-state index >= 15 is 0 Å². The summed E-state index contributed by atoms with van der Waals surface area (Å²) in [5, 5.41) is 1.23. The number of nitrogens with one attached hydrogen (secondary N) is 2. The van der Waals surface area contributed by atoms with Crippen LogP contribution in [0.15, 0.2) is 17.4 Å². The molecule has 42 valence electrons. The van der Waals surface area contributed by atoms with E-state index in [0.717, 1.165) is 13.0 Å². The average Bonchev–Trinajstić information content (AvgIpc) is 2.15. The lowest BCUT2D eigenvalue weighted by Crippen LogP contribution is -3.13. The number of quaternary nitrogens is 1. The summed E-state index contributed by atoms with van der Waals surface area (Å²) in [5.41, 5.74) is 3.22. The second kappa shape index (κ2) is 1.40. The maximum absolute atomic E-state index is 4.13. The summed E-state index contributed by atoms with van der Waals surface area (Å²) in [6.45, 7) is 1.07. The summed E-state index contributed by atoms with van der Waals surface area (Å²) in [6.07, 6.45) is 4.96. The molecule has 1 unspecified atom stereocenters. The number of fused-ring (bicyclic) bond motifs is 1. The third-order valence-electron chi connectivity index (χ3n) is 1.46. The highest BCUT2D eigenvalue weighted by Crippen LogP contribution is 1.88. The topological polar surface area (TPSA) is 28.8 Å². The Labute approximate surface area is 47.7 Å². The number of amidine groups is 1. The molecule has 0 aromatic heterocycles. The van der Waals surface area contributed by atoms with Crippen LogP contribution in [0.2, 0.25) is 0 Å². The minimum absolute atomic E-state index is 1.07. The number of hydrogen-bond acceptors (Lipinski definition) is 2. The SMILES string of the molecule is C1=C[NH+]2NCCC2=N1. The number of hydrogen-bond donors (Lipinski definition) is 2. The Morgan fingerprint density at radius 2 is 2.75 bits per heavy atom. The molecule has 0 amide bonds. The van der Waals surface area contributed by atoms with Gasteiger partial charge in [-0.2, -0.15) is 10.4 Å². The maximum atomic E-state index is 4.13. The van der Waals surface area contributed by atoms with E-state index in [1.807, 2.05) is 12.4 Å². The normalized spacial score (nSPS) is 33.0. The molecule has 1 fully saturated rings. The molecule has 0 bridgehead atoms. The minimum atomic E-state index is 1.07. The Morgan fingerprint density at radius 3 is 3.62 bits per heavy atom. The Kier molecular flexibility index (Phi) is 0.741. The number of rotatable bonds is 0. The van der Waals surface area contributed by atoms with Crippen molar-refractivity contribution in [2.24, 2.45) is 4.99 Å². The van der Waals surface area contributed by atoms with E-state index < -0.39 is 0 Å². The fourth-order valence-corrected chi connectivity index (χ4v) is 1.04. The van der Waals surface area contributed by atoms with Crippen molar-refractivity contribution in [1.82, 2.24) is 5.43 Å². The summed E-state index contributed by atoms with van der Waals surface area (Å²) in [5.74, 6) is 1.23. The predicted molar refractivity (Wildman–Crippen MR) is 30.2 cm³/mol. The van der Waals surface area contributed by atoms with Gasteiger partial charge >= 0.3 is 0 Å². The zero-order valence-corrected chi connectivity index (χ0v) is 4.52. The molecule has 2 aliphatic rings. The first-order valence-corrected chi connectivity index (χ1v) is 2.81. The Balaban J connectivity index is 2.29. The Bertz CT molecular complexity index is 159. The van der Waals surface area contributed by atoms with E-state index in [-0.39, 0.29) is 0 Å². The van der Waals surface area contributed by atoms with Crippen LogP contribution >= 0.6 is 0 Å². The molecule has 0 aromatic rings. The molecule has 2 N–H and O–H groups in total. The average molecular weight is 110 g/mol. The molecule has 3 heteroatoms. The van der Waals surface area contributed by atoms with Crippen molar-refractivity contribution < 1.29 is 5.01 Å².